The Bertz CT molecular complexity index is 479. The molecule has 17 heavy (non-hydrogen) atoms. The van der Waals surface area contributed by atoms with E-state index in [0.717, 1.165) is 0 Å². The molecule has 0 unspecified atom stereocenters. The first kappa shape index (κ1) is 12.5. The Morgan fingerprint density at radius 3 is 2.65 bits per heavy atom. The second-order valence-electron chi connectivity index (χ2n) is 3.32. The topological polar surface area (TPSA) is 102 Å². The molecular formula is C11H11N3O3. The van der Waals surface area contributed by atoms with Crippen LogP contribution in [0.4, 0.5) is 10.5 Å². The third kappa shape index (κ3) is 3.50. The number of carbonyl (C=O) groups excluding carboxylic acids is 1. The Labute approximate surface area is 97.9 Å². The summed E-state index contributed by atoms with van der Waals surface area (Å²) in [5.41, 5.74) is 0.649. The molecule has 3 N–H and O–H groups in total. The minimum Gasteiger partial charge on any atom is -0.480 e. The van der Waals surface area contributed by atoms with Crippen LogP contribution in [0.5, 0.6) is 0 Å². The fourth-order valence-corrected chi connectivity index (χ4v) is 1.11. The van der Waals surface area contributed by atoms with Crippen molar-refractivity contribution in [2.75, 3.05) is 5.32 Å². The SMILES string of the molecule is C[C@@H](NC(=O)Nc1ccccc1C#N)C(=O)O. The normalized spacial score (nSPS) is 11.1. The lowest BCUT2D eigenvalue weighted by molar-refractivity contribution is -0.138. The molecule has 0 heterocycles. The lowest BCUT2D eigenvalue weighted by atomic mass is 10.2. The van der Waals surface area contributed by atoms with Crippen LogP contribution in [0, 0.1) is 11.3 Å². The van der Waals surface area contributed by atoms with Crippen molar-refractivity contribution >= 4 is 17.7 Å². The second kappa shape index (κ2) is 5.51. The number of anilines is 1. The second-order valence-corrected chi connectivity index (χ2v) is 3.32. The molecule has 2 amide bonds. The zero-order valence-electron chi connectivity index (χ0n) is 9.10. The van der Waals surface area contributed by atoms with Gasteiger partial charge in [0.1, 0.15) is 12.1 Å². The van der Waals surface area contributed by atoms with Crippen LogP contribution in [-0.2, 0) is 4.79 Å². The summed E-state index contributed by atoms with van der Waals surface area (Å²) < 4.78 is 0. The largest absolute Gasteiger partial charge is 0.480 e. The van der Waals surface area contributed by atoms with Gasteiger partial charge in [0.05, 0.1) is 11.3 Å². The molecule has 0 bridgehead atoms. The van der Waals surface area contributed by atoms with Crippen molar-refractivity contribution < 1.29 is 14.7 Å². The molecule has 88 valence electrons. The van der Waals surface area contributed by atoms with Crippen LogP contribution < -0.4 is 10.6 Å². The van der Waals surface area contributed by atoms with Crippen molar-refractivity contribution in [3.05, 3.63) is 29.8 Å². The maximum atomic E-state index is 11.4. The van der Waals surface area contributed by atoms with E-state index in [-0.39, 0.29) is 0 Å². The molecule has 0 fully saturated rings. The molecule has 1 rings (SSSR count). The van der Waals surface area contributed by atoms with E-state index in [1.807, 2.05) is 6.07 Å². The highest BCUT2D eigenvalue weighted by Gasteiger charge is 2.14. The van der Waals surface area contributed by atoms with Gasteiger partial charge in [-0.1, -0.05) is 12.1 Å². The van der Waals surface area contributed by atoms with Crippen molar-refractivity contribution in [3.63, 3.8) is 0 Å². The van der Waals surface area contributed by atoms with E-state index >= 15 is 0 Å². The molecule has 6 heteroatoms. The quantitative estimate of drug-likeness (QED) is 0.728. The van der Waals surface area contributed by atoms with Crippen molar-refractivity contribution in [1.82, 2.24) is 5.32 Å². The van der Waals surface area contributed by atoms with Gasteiger partial charge in [0.2, 0.25) is 0 Å². The Morgan fingerprint density at radius 2 is 2.06 bits per heavy atom. The van der Waals surface area contributed by atoms with Gasteiger partial charge in [-0.3, -0.25) is 4.79 Å². The number of aliphatic carboxylic acids is 1. The molecule has 0 spiro atoms. The number of carboxylic acid groups (broad SMARTS) is 1. The summed E-state index contributed by atoms with van der Waals surface area (Å²) in [5, 5.41) is 22.0. The number of carboxylic acids is 1. The number of para-hydroxylation sites is 1. The van der Waals surface area contributed by atoms with Gasteiger partial charge in [-0.05, 0) is 19.1 Å². The van der Waals surface area contributed by atoms with E-state index in [1.165, 1.54) is 6.92 Å². The number of amides is 2. The summed E-state index contributed by atoms with van der Waals surface area (Å²) in [6, 6.07) is 6.70. The van der Waals surface area contributed by atoms with Gasteiger partial charge in [-0.25, -0.2) is 4.79 Å². The molecule has 1 atom stereocenters. The van der Waals surface area contributed by atoms with Gasteiger partial charge >= 0.3 is 12.0 Å². The number of rotatable bonds is 3. The fraction of sp³-hybridized carbons (Fsp3) is 0.182. The first-order chi connectivity index (χ1) is 8.04. The zero-order valence-corrected chi connectivity index (χ0v) is 9.10. The van der Waals surface area contributed by atoms with E-state index < -0.39 is 18.0 Å². The average molecular weight is 233 g/mol. The van der Waals surface area contributed by atoms with Gasteiger partial charge in [-0.2, -0.15) is 5.26 Å². The van der Waals surface area contributed by atoms with Gasteiger partial charge < -0.3 is 15.7 Å². The number of nitrogens with one attached hydrogen (secondary N) is 2. The highest BCUT2D eigenvalue weighted by molar-refractivity contribution is 5.93. The molecule has 0 aliphatic carbocycles. The van der Waals surface area contributed by atoms with Crippen LogP contribution in [0.15, 0.2) is 24.3 Å². The summed E-state index contributed by atoms with van der Waals surface area (Å²) >= 11 is 0. The highest BCUT2D eigenvalue weighted by Crippen LogP contribution is 2.12. The van der Waals surface area contributed by atoms with Gasteiger partial charge in [0.25, 0.3) is 0 Å². The molecule has 0 aromatic heterocycles. The van der Waals surface area contributed by atoms with Crippen molar-refractivity contribution in [3.8, 4) is 6.07 Å². The standard InChI is InChI=1S/C11H11N3O3/c1-7(10(15)16)13-11(17)14-9-5-3-2-4-8(9)6-12/h2-5,7H,1H3,(H,15,16)(H2,13,14,17)/t7-/m1/s1. The fourth-order valence-electron chi connectivity index (χ4n) is 1.11. The number of hydrogen-bond acceptors (Lipinski definition) is 3. The maximum absolute atomic E-state index is 11.4. The Balaban J connectivity index is 2.69. The van der Waals surface area contributed by atoms with Crippen LogP contribution in [-0.4, -0.2) is 23.1 Å². The number of nitrogens with zero attached hydrogens (tertiary/aromatic N) is 1. The molecule has 0 aliphatic rings. The van der Waals surface area contributed by atoms with Crippen LogP contribution >= 0.6 is 0 Å². The third-order valence-electron chi connectivity index (χ3n) is 2.01. The van der Waals surface area contributed by atoms with E-state index in [2.05, 4.69) is 10.6 Å². The number of hydrogen-bond donors (Lipinski definition) is 3. The lowest BCUT2D eigenvalue weighted by Gasteiger charge is -2.11. The first-order valence-electron chi connectivity index (χ1n) is 4.84. The number of nitriles is 1. The minimum absolute atomic E-state index is 0.311. The predicted octanol–water partition coefficient (Wildman–Crippen LogP) is 1.15. The zero-order chi connectivity index (χ0) is 12.8. The Morgan fingerprint density at radius 1 is 1.41 bits per heavy atom. The van der Waals surface area contributed by atoms with Crippen molar-refractivity contribution in [1.29, 1.82) is 5.26 Å². The van der Waals surface area contributed by atoms with E-state index in [0.29, 0.717) is 11.3 Å². The smallest absolute Gasteiger partial charge is 0.325 e. The number of urea groups is 1. The van der Waals surface area contributed by atoms with Crippen LogP contribution in [0.1, 0.15) is 12.5 Å². The van der Waals surface area contributed by atoms with Gasteiger partial charge in [0, 0.05) is 0 Å². The van der Waals surface area contributed by atoms with E-state index in [9.17, 15) is 9.59 Å². The highest BCUT2D eigenvalue weighted by atomic mass is 16.4. The minimum atomic E-state index is -1.13. The average Bonchev–Trinajstić information content (AvgIpc) is 2.29. The van der Waals surface area contributed by atoms with Crippen LogP contribution in [0.25, 0.3) is 0 Å². The monoisotopic (exact) mass is 233 g/mol. The maximum Gasteiger partial charge on any atom is 0.325 e. The van der Waals surface area contributed by atoms with Crippen LogP contribution in [0.3, 0.4) is 0 Å². The molecule has 0 aliphatic heterocycles. The first-order valence-corrected chi connectivity index (χ1v) is 4.84. The molecule has 0 saturated carbocycles. The molecule has 1 aromatic rings. The van der Waals surface area contributed by atoms with Gasteiger partial charge in [0.15, 0.2) is 0 Å². The molecule has 1 aromatic carbocycles. The summed E-state index contributed by atoms with van der Waals surface area (Å²) in [7, 11) is 0. The van der Waals surface area contributed by atoms with Crippen molar-refractivity contribution in [2.45, 2.75) is 13.0 Å². The lowest BCUT2D eigenvalue weighted by Crippen LogP contribution is -2.40. The van der Waals surface area contributed by atoms with E-state index in [1.54, 1.807) is 24.3 Å². The molecule has 6 nitrogen and oxygen atoms in total. The van der Waals surface area contributed by atoms with E-state index in [4.69, 9.17) is 10.4 Å². The third-order valence-corrected chi connectivity index (χ3v) is 2.01. The molecule has 0 saturated heterocycles. The number of benzene rings is 1. The summed E-state index contributed by atoms with van der Waals surface area (Å²) in [6.45, 7) is 1.35. The summed E-state index contributed by atoms with van der Waals surface area (Å²) in [4.78, 5) is 21.9. The Hall–Kier alpha value is -2.55. The Kier molecular flexibility index (Phi) is 4.06. The summed E-state index contributed by atoms with van der Waals surface area (Å²) in [5.74, 6) is -1.13. The van der Waals surface area contributed by atoms with Crippen LogP contribution in [0.2, 0.25) is 0 Å². The van der Waals surface area contributed by atoms with Gasteiger partial charge in [-0.15, -0.1) is 0 Å². The molecule has 0 radical (unpaired) electrons. The van der Waals surface area contributed by atoms with Crippen molar-refractivity contribution in [2.24, 2.45) is 0 Å². The summed E-state index contributed by atoms with van der Waals surface area (Å²) in [6.07, 6.45) is 0. The molecular weight excluding hydrogens is 222 g/mol. The number of carbonyl (C=O) groups is 2. The predicted molar refractivity (Wildman–Crippen MR) is 60.4 cm³/mol.